The van der Waals surface area contributed by atoms with E-state index in [0.717, 1.165) is 10.6 Å². The Labute approximate surface area is 203 Å². The summed E-state index contributed by atoms with van der Waals surface area (Å²) in [6.45, 7) is 6.55. The van der Waals surface area contributed by atoms with Gasteiger partial charge in [0.25, 0.3) is 0 Å². The number of halogens is 2. The molecule has 0 saturated carbocycles. The van der Waals surface area contributed by atoms with Crippen molar-refractivity contribution in [2.45, 2.75) is 45.8 Å². The molecule has 2 aromatic carbocycles. The zero-order valence-corrected chi connectivity index (χ0v) is 21.7. The van der Waals surface area contributed by atoms with Crippen LogP contribution in [0.25, 0.3) is 0 Å². The Balaban J connectivity index is 2.39. The molecule has 0 radical (unpaired) electrons. The summed E-state index contributed by atoms with van der Waals surface area (Å²) in [6.07, 6.45) is 1.02. The van der Waals surface area contributed by atoms with Crippen LogP contribution in [0.5, 0.6) is 0 Å². The Hall–Kier alpha value is -2.46. The third kappa shape index (κ3) is 8.12. The van der Waals surface area contributed by atoms with Crippen LogP contribution in [0.3, 0.4) is 0 Å². The second kappa shape index (κ2) is 10.6. The van der Waals surface area contributed by atoms with Gasteiger partial charge in [-0.1, -0.05) is 34.1 Å². The Morgan fingerprint density at radius 2 is 1.73 bits per heavy atom. The average Bonchev–Trinajstić information content (AvgIpc) is 2.68. The van der Waals surface area contributed by atoms with Gasteiger partial charge < -0.3 is 10.2 Å². The molecule has 2 rings (SSSR count). The fourth-order valence-corrected chi connectivity index (χ4v) is 4.32. The summed E-state index contributed by atoms with van der Waals surface area (Å²) in [5.74, 6) is -1.37. The van der Waals surface area contributed by atoms with Gasteiger partial charge in [-0.15, -0.1) is 0 Å². The second-order valence-electron chi connectivity index (χ2n) is 8.81. The van der Waals surface area contributed by atoms with Gasteiger partial charge in [-0.2, -0.15) is 0 Å². The number of amides is 2. The Morgan fingerprint density at radius 3 is 2.24 bits per heavy atom. The first-order chi connectivity index (χ1) is 15.2. The number of anilines is 1. The van der Waals surface area contributed by atoms with Crippen LogP contribution >= 0.6 is 15.9 Å². The first-order valence-electron chi connectivity index (χ1n) is 10.3. The summed E-state index contributed by atoms with van der Waals surface area (Å²) in [4.78, 5) is 27.5. The maximum atomic E-state index is 13.4. The molecule has 180 valence electrons. The highest BCUT2D eigenvalue weighted by molar-refractivity contribution is 9.10. The number of benzene rings is 2. The van der Waals surface area contributed by atoms with E-state index in [0.29, 0.717) is 15.7 Å². The van der Waals surface area contributed by atoms with Crippen LogP contribution < -0.4 is 9.62 Å². The maximum Gasteiger partial charge on any atom is 0.244 e. The molecule has 0 saturated heterocycles. The molecule has 2 amide bonds. The minimum absolute atomic E-state index is 0.00787. The molecule has 0 spiro atoms. The smallest absolute Gasteiger partial charge is 0.244 e. The van der Waals surface area contributed by atoms with E-state index >= 15 is 0 Å². The molecule has 0 aliphatic heterocycles. The number of carbonyl (C=O) groups is 2. The topological polar surface area (TPSA) is 86.8 Å². The average molecular weight is 542 g/mol. The van der Waals surface area contributed by atoms with Crippen molar-refractivity contribution >= 4 is 43.5 Å². The maximum absolute atomic E-state index is 13.4. The van der Waals surface area contributed by atoms with Gasteiger partial charge in [0.05, 0.1) is 11.9 Å². The molecule has 0 heterocycles. The highest BCUT2D eigenvalue weighted by Gasteiger charge is 2.31. The standard InChI is InChI=1S/C23H29BrFN3O4S/c1-16(22(30)26-23(2,3)4)27(14-17-9-11-19(25)12-10-17)21(29)15-28(33(5,31)32)20-8-6-7-18(24)13-20/h6-13,16H,14-15H2,1-5H3,(H,26,30)/t16-/m1/s1. The molecular weight excluding hydrogens is 513 g/mol. The van der Waals surface area contributed by atoms with Crippen molar-refractivity contribution in [1.29, 1.82) is 0 Å². The van der Waals surface area contributed by atoms with Gasteiger partial charge in [-0.3, -0.25) is 13.9 Å². The van der Waals surface area contributed by atoms with Crippen molar-refractivity contribution in [3.8, 4) is 0 Å². The number of rotatable bonds is 8. The van der Waals surface area contributed by atoms with Crippen molar-refractivity contribution in [1.82, 2.24) is 10.2 Å². The molecular formula is C23H29BrFN3O4S. The van der Waals surface area contributed by atoms with Gasteiger partial charge in [0, 0.05) is 16.6 Å². The predicted octanol–water partition coefficient (Wildman–Crippen LogP) is 3.69. The van der Waals surface area contributed by atoms with E-state index in [1.165, 1.54) is 29.2 Å². The van der Waals surface area contributed by atoms with E-state index in [9.17, 15) is 22.4 Å². The van der Waals surface area contributed by atoms with Crippen LogP contribution in [0.4, 0.5) is 10.1 Å². The SMILES string of the molecule is C[C@H](C(=O)NC(C)(C)C)N(Cc1ccc(F)cc1)C(=O)CN(c1cccc(Br)c1)S(C)(=O)=O. The van der Waals surface area contributed by atoms with Gasteiger partial charge in [-0.25, -0.2) is 12.8 Å². The molecule has 1 N–H and O–H groups in total. The number of sulfonamides is 1. The Bertz CT molecular complexity index is 1100. The van der Waals surface area contributed by atoms with E-state index in [4.69, 9.17) is 0 Å². The molecule has 0 unspecified atom stereocenters. The van der Waals surface area contributed by atoms with Crippen LogP contribution in [0.2, 0.25) is 0 Å². The summed E-state index contributed by atoms with van der Waals surface area (Å²) >= 11 is 3.31. The van der Waals surface area contributed by atoms with Crippen molar-refractivity contribution < 1.29 is 22.4 Å². The molecule has 0 aromatic heterocycles. The molecule has 0 aliphatic carbocycles. The number of hydrogen-bond acceptors (Lipinski definition) is 4. The fourth-order valence-electron chi connectivity index (χ4n) is 3.09. The number of hydrogen-bond donors (Lipinski definition) is 1. The number of nitrogens with one attached hydrogen (secondary N) is 1. The Morgan fingerprint density at radius 1 is 1.12 bits per heavy atom. The molecule has 0 bridgehead atoms. The molecule has 2 aromatic rings. The third-order valence-electron chi connectivity index (χ3n) is 4.71. The molecule has 7 nitrogen and oxygen atoms in total. The van der Waals surface area contributed by atoms with Gasteiger partial charge in [-0.05, 0) is 63.6 Å². The lowest BCUT2D eigenvalue weighted by atomic mass is 10.1. The summed E-state index contributed by atoms with van der Waals surface area (Å²) in [5.41, 5.74) is 0.396. The minimum Gasteiger partial charge on any atom is -0.350 e. The zero-order valence-electron chi connectivity index (χ0n) is 19.3. The lowest BCUT2D eigenvalue weighted by molar-refractivity contribution is -0.140. The first kappa shape index (κ1) is 26.8. The molecule has 33 heavy (non-hydrogen) atoms. The highest BCUT2D eigenvalue weighted by atomic mass is 79.9. The lowest BCUT2D eigenvalue weighted by Crippen LogP contribution is -2.54. The van der Waals surface area contributed by atoms with Crippen molar-refractivity contribution in [2.24, 2.45) is 0 Å². The van der Waals surface area contributed by atoms with E-state index in [-0.39, 0.29) is 12.5 Å². The summed E-state index contributed by atoms with van der Waals surface area (Å²) in [6, 6.07) is 11.3. The van der Waals surface area contributed by atoms with E-state index in [1.807, 2.05) is 20.8 Å². The number of nitrogens with zero attached hydrogens (tertiary/aromatic N) is 2. The normalized spacial score (nSPS) is 12.7. The lowest BCUT2D eigenvalue weighted by Gasteiger charge is -2.33. The van der Waals surface area contributed by atoms with E-state index < -0.39 is 39.9 Å². The molecule has 10 heteroatoms. The highest BCUT2D eigenvalue weighted by Crippen LogP contribution is 2.23. The molecule has 0 aliphatic rings. The minimum atomic E-state index is -3.80. The van der Waals surface area contributed by atoms with Gasteiger partial charge in [0.1, 0.15) is 18.4 Å². The van der Waals surface area contributed by atoms with Crippen LogP contribution in [0, 0.1) is 5.82 Å². The van der Waals surface area contributed by atoms with Crippen LogP contribution in [-0.4, -0.2) is 49.5 Å². The second-order valence-corrected chi connectivity index (χ2v) is 11.6. The molecule has 1 atom stereocenters. The third-order valence-corrected chi connectivity index (χ3v) is 6.34. The van der Waals surface area contributed by atoms with Crippen LogP contribution in [-0.2, 0) is 26.2 Å². The quantitative estimate of drug-likeness (QED) is 0.552. The summed E-state index contributed by atoms with van der Waals surface area (Å²) < 4.78 is 40.0. The van der Waals surface area contributed by atoms with Crippen LogP contribution in [0.15, 0.2) is 53.0 Å². The van der Waals surface area contributed by atoms with E-state index in [2.05, 4.69) is 21.2 Å². The van der Waals surface area contributed by atoms with Crippen molar-refractivity contribution in [3.05, 3.63) is 64.4 Å². The monoisotopic (exact) mass is 541 g/mol. The van der Waals surface area contributed by atoms with Crippen molar-refractivity contribution in [3.63, 3.8) is 0 Å². The predicted molar refractivity (Wildman–Crippen MR) is 131 cm³/mol. The van der Waals surface area contributed by atoms with E-state index in [1.54, 1.807) is 31.2 Å². The fraction of sp³-hybridized carbons (Fsp3) is 0.391. The van der Waals surface area contributed by atoms with Gasteiger partial charge >= 0.3 is 0 Å². The first-order valence-corrected chi connectivity index (χ1v) is 12.9. The zero-order chi connectivity index (χ0) is 25.0. The summed E-state index contributed by atoms with van der Waals surface area (Å²) in [5, 5.41) is 2.84. The van der Waals surface area contributed by atoms with Gasteiger partial charge in [0.15, 0.2) is 0 Å². The van der Waals surface area contributed by atoms with Crippen LogP contribution in [0.1, 0.15) is 33.3 Å². The molecule has 0 fully saturated rings. The summed E-state index contributed by atoms with van der Waals surface area (Å²) in [7, 11) is -3.80. The van der Waals surface area contributed by atoms with Crippen molar-refractivity contribution in [2.75, 3.05) is 17.1 Å². The largest absolute Gasteiger partial charge is 0.350 e. The van der Waals surface area contributed by atoms with Gasteiger partial charge in [0.2, 0.25) is 21.8 Å². The number of carbonyl (C=O) groups excluding carboxylic acids is 2. The Kier molecular flexibility index (Phi) is 8.64.